The third-order valence-electron chi connectivity index (χ3n) is 4.15. The second kappa shape index (κ2) is 10.5. The van der Waals surface area contributed by atoms with Crippen LogP contribution in [-0.2, 0) is 4.79 Å². The fourth-order valence-electron chi connectivity index (χ4n) is 2.77. The first-order chi connectivity index (χ1) is 13.4. The Morgan fingerprint density at radius 2 is 1.82 bits per heavy atom. The number of nitrogens with zero attached hydrogens (tertiary/aromatic N) is 2. The van der Waals surface area contributed by atoms with Crippen LogP contribution in [0.2, 0.25) is 0 Å². The summed E-state index contributed by atoms with van der Waals surface area (Å²) in [6, 6.07) is 5.33. The van der Waals surface area contributed by atoms with E-state index in [0.717, 1.165) is 6.42 Å². The molecule has 154 valence electrons. The number of benzene rings is 1. The zero-order chi connectivity index (χ0) is 20.5. The minimum Gasteiger partial charge on any atom is -0.434 e. The van der Waals surface area contributed by atoms with Crippen molar-refractivity contribution in [3.05, 3.63) is 29.8 Å². The number of amides is 4. The van der Waals surface area contributed by atoms with Gasteiger partial charge in [0.2, 0.25) is 5.91 Å². The molecule has 1 heterocycles. The van der Waals surface area contributed by atoms with Gasteiger partial charge in [0, 0.05) is 32.7 Å². The molecule has 1 aromatic rings. The zero-order valence-electron chi connectivity index (χ0n) is 15.6. The van der Waals surface area contributed by atoms with Crippen molar-refractivity contribution in [2.45, 2.75) is 20.0 Å². The summed E-state index contributed by atoms with van der Waals surface area (Å²) in [6.07, 6.45) is 0.767. The number of para-hydroxylation sites is 1. The number of hydrogen-bond donors (Lipinski definition) is 2. The fraction of sp³-hybridized carbons (Fsp3) is 0.500. The van der Waals surface area contributed by atoms with Crippen LogP contribution in [-0.4, -0.2) is 73.5 Å². The molecule has 1 aromatic carbocycles. The summed E-state index contributed by atoms with van der Waals surface area (Å²) in [5, 5.41) is 4.80. The standard InChI is InChI=1S/C18H24F2N4O4/c1-2-7-21-18(27)22-15(25)12-23-8-10-24(11-9-23)16(26)13-5-3-4-6-14(13)28-17(19)20/h3-6,17H,2,7-12H2,1H3,(H2,21,22,25,27). The molecule has 0 unspecified atom stereocenters. The maximum atomic E-state index is 12.6. The molecule has 0 atom stereocenters. The number of alkyl halides is 2. The lowest BCUT2D eigenvalue weighted by Gasteiger charge is -2.34. The van der Waals surface area contributed by atoms with Gasteiger partial charge in [0.05, 0.1) is 12.1 Å². The predicted octanol–water partition coefficient (Wildman–Crippen LogP) is 1.28. The highest BCUT2D eigenvalue weighted by Crippen LogP contribution is 2.22. The largest absolute Gasteiger partial charge is 0.434 e. The molecule has 0 aromatic heterocycles. The summed E-state index contributed by atoms with van der Waals surface area (Å²) in [7, 11) is 0. The van der Waals surface area contributed by atoms with E-state index in [4.69, 9.17) is 0 Å². The lowest BCUT2D eigenvalue weighted by Crippen LogP contribution is -2.52. The van der Waals surface area contributed by atoms with E-state index < -0.39 is 24.5 Å². The highest BCUT2D eigenvalue weighted by molar-refractivity contribution is 5.97. The molecule has 8 nitrogen and oxygen atoms in total. The van der Waals surface area contributed by atoms with Gasteiger partial charge in [0.15, 0.2) is 0 Å². The van der Waals surface area contributed by atoms with Crippen LogP contribution in [0.5, 0.6) is 5.75 Å². The summed E-state index contributed by atoms with van der Waals surface area (Å²) >= 11 is 0. The van der Waals surface area contributed by atoms with Gasteiger partial charge in [0.25, 0.3) is 5.91 Å². The van der Waals surface area contributed by atoms with Crippen molar-refractivity contribution in [3.8, 4) is 5.75 Å². The van der Waals surface area contributed by atoms with Crippen molar-refractivity contribution in [2.75, 3.05) is 39.3 Å². The van der Waals surface area contributed by atoms with E-state index in [0.29, 0.717) is 32.7 Å². The molecule has 1 saturated heterocycles. The van der Waals surface area contributed by atoms with Crippen molar-refractivity contribution in [1.29, 1.82) is 0 Å². The third-order valence-corrected chi connectivity index (χ3v) is 4.15. The molecule has 0 bridgehead atoms. The Bertz CT molecular complexity index is 694. The molecule has 1 fully saturated rings. The van der Waals surface area contributed by atoms with E-state index in [-0.39, 0.29) is 17.9 Å². The molecule has 1 aliphatic rings. The van der Waals surface area contributed by atoms with E-state index in [2.05, 4.69) is 15.4 Å². The zero-order valence-corrected chi connectivity index (χ0v) is 15.6. The minimum atomic E-state index is -3.01. The Morgan fingerprint density at radius 1 is 1.14 bits per heavy atom. The number of carbonyl (C=O) groups is 3. The average Bonchev–Trinajstić information content (AvgIpc) is 2.66. The van der Waals surface area contributed by atoms with Crippen LogP contribution in [0.1, 0.15) is 23.7 Å². The van der Waals surface area contributed by atoms with E-state index >= 15 is 0 Å². The SMILES string of the molecule is CCCNC(=O)NC(=O)CN1CCN(C(=O)c2ccccc2OC(F)F)CC1. The summed E-state index contributed by atoms with van der Waals surface area (Å²) in [5.74, 6) is -0.995. The number of halogens is 2. The Labute approximate surface area is 161 Å². The van der Waals surface area contributed by atoms with Crippen LogP contribution in [0.25, 0.3) is 0 Å². The van der Waals surface area contributed by atoms with Crippen LogP contribution < -0.4 is 15.4 Å². The van der Waals surface area contributed by atoms with Gasteiger partial charge >= 0.3 is 12.6 Å². The molecule has 0 saturated carbocycles. The van der Waals surface area contributed by atoms with Gasteiger partial charge in [-0.1, -0.05) is 19.1 Å². The maximum Gasteiger partial charge on any atom is 0.387 e. The Kier molecular flexibility index (Phi) is 8.12. The van der Waals surface area contributed by atoms with Gasteiger partial charge < -0.3 is 15.0 Å². The number of carbonyl (C=O) groups excluding carboxylic acids is 3. The third kappa shape index (κ3) is 6.45. The number of urea groups is 1. The highest BCUT2D eigenvalue weighted by atomic mass is 19.3. The Hall–Kier alpha value is -2.75. The molecule has 0 aliphatic carbocycles. The summed E-state index contributed by atoms with van der Waals surface area (Å²) in [4.78, 5) is 39.3. The second-order valence-electron chi connectivity index (χ2n) is 6.25. The van der Waals surface area contributed by atoms with E-state index in [1.165, 1.54) is 23.1 Å². The van der Waals surface area contributed by atoms with Gasteiger partial charge in [0.1, 0.15) is 5.75 Å². The summed E-state index contributed by atoms with van der Waals surface area (Å²) in [6.45, 7) is 0.915. The first-order valence-electron chi connectivity index (χ1n) is 9.03. The number of piperazine rings is 1. The van der Waals surface area contributed by atoms with Crippen LogP contribution in [0.4, 0.5) is 13.6 Å². The summed E-state index contributed by atoms with van der Waals surface area (Å²) in [5.41, 5.74) is 0.0709. The molecule has 28 heavy (non-hydrogen) atoms. The molecule has 10 heteroatoms. The second-order valence-corrected chi connectivity index (χ2v) is 6.25. The molecule has 0 radical (unpaired) electrons. The van der Waals surface area contributed by atoms with E-state index in [9.17, 15) is 23.2 Å². The van der Waals surface area contributed by atoms with Crippen molar-refractivity contribution in [3.63, 3.8) is 0 Å². The topological polar surface area (TPSA) is 91.0 Å². The number of imide groups is 1. The highest BCUT2D eigenvalue weighted by Gasteiger charge is 2.26. The Balaban J connectivity index is 1.84. The van der Waals surface area contributed by atoms with Crippen molar-refractivity contribution >= 4 is 17.8 Å². The van der Waals surface area contributed by atoms with E-state index in [1.54, 1.807) is 6.07 Å². The van der Waals surface area contributed by atoms with Gasteiger partial charge in [-0.25, -0.2) is 4.79 Å². The van der Waals surface area contributed by atoms with Gasteiger partial charge in [-0.2, -0.15) is 8.78 Å². The van der Waals surface area contributed by atoms with Crippen molar-refractivity contribution < 1.29 is 27.9 Å². The van der Waals surface area contributed by atoms with Crippen molar-refractivity contribution in [2.24, 2.45) is 0 Å². The average molecular weight is 398 g/mol. The molecular formula is C18H24F2N4O4. The van der Waals surface area contributed by atoms with Gasteiger partial charge in [-0.05, 0) is 18.6 Å². The normalized spacial score (nSPS) is 14.6. The van der Waals surface area contributed by atoms with Gasteiger partial charge in [-0.15, -0.1) is 0 Å². The van der Waals surface area contributed by atoms with Gasteiger partial charge in [-0.3, -0.25) is 19.8 Å². The minimum absolute atomic E-state index is 0.0344. The predicted molar refractivity (Wildman–Crippen MR) is 97.2 cm³/mol. The number of rotatable bonds is 7. The smallest absolute Gasteiger partial charge is 0.387 e. The molecule has 0 spiro atoms. The monoisotopic (exact) mass is 398 g/mol. The van der Waals surface area contributed by atoms with Crippen LogP contribution in [0, 0.1) is 0 Å². The number of nitrogens with one attached hydrogen (secondary N) is 2. The fourth-order valence-corrected chi connectivity index (χ4v) is 2.77. The summed E-state index contributed by atoms with van der Waals surface area (Å²) < 4.78 is 29.4. The molecule has 2 N–H and O–H groups in total. The van der Waals surface area contributed by atoms with Crippen LogP contribution >= 0.6 is 0 Å². The number of ether oxygens (including phenoxy) is 1. The van der Waals surface area contributed by atoms with Crippen LogP contribution in [0.15, 0.2) is 24.3 Å². The first kappa shape index (κ1) is 21.5. The van der Waals surface area contributed by atoms with E-state index in [1.807, 2.05) is 11.8 Å². The lowest BCUT2D eigenvalue weighted by molar-refractivity contribution is -0.121. The lowest BCUT2D eigenvalue weighted by atomic mass is 10.1. The molecule has 4 amide bonds. The molecule has 1 aliphatic heterocycles. The number of hydrogen-bond acceptors (Lipinski definition) is 5. The van der Waals surface area contributed by atoms with Crippen molar-refractivity contribution in [1.82, 2.24) is 20.4 Å². The quantitative estimate of drug-likeness (QED) is 0.722. The van der Waals surface area contributed by atoms with Crippen LogP contribution in [0.3, 0.4) is 0 Å². The molecular weight excluding hydrogens is 374 g/mol. The first-order valence-corrected chi connectivity index (χ1v) is 9.03. The Morgan fingerprint density at radius 3 is 2.46 bits per heavy atom. The molecule has 2 rings (SSSR count). The maximum absolute atomic E-state index is 12.6.